The maximum atomic E-state index is 9.65. The van der Waals surface area contributed by atoms with Crippen molar-refractivity contribution in [2.24, 2.45) is 0 Å². The van der Waals surface area contributed by atoms with Crippen LogP contribution in [0.25, 0.3) is 67.3 Å². The maximum Gasteiger partial charge on any atom is 0.160 e. The fourth-order valence-corrected chi connectivity index (χ4v) is 8.11. The van der Waals surface area contributed by atoms with Gasteiger partial charge in [0.2, 0.25) is 0 Å². The first-order chi connectivity index (χ1) is 24.7. The molecule has 0 saturated heterocycles. The Hall–Kier alpha value is -6.18. The number of nitriles is 1. The lowest BCUT2D eigenvalue weighted by atomic mass is 9.67. The Labute approximate surface area is 292 Å². The molecule has 1 spiro atoms. The van der Waals surface area contributed by atoms with Gasteiger partial charge < -0.3 is 0 Å². The maximum absolute atomic E-state index is 9.65. The van der Waals surface area contributed by atoms with E-state index in [0.717, 1.165) is 57.6 Å². The van der Waals surface area contributed by atoms with Gasteiger partial charge in [0.25, 0.3) is 0 Å². The summed E-state index contributed by atoms with van der Waals surface area (Å²) in [5, 5.41) is 9.65. The molecule has 5 aromatic carbocycles. The summed E-state index contributed by atoms with van der Waals surface area (Å²) < 4.78 is 0. The van der Waals surface area contributed by atoms with Gasteiger partial charge >= 0.3 is 0 Å². The molecule has 1 saturated carbocycles. The predicted octanol–water partition coefficient (Wildman–Crippen LogP) is 11.3. The normalized spacial score (nSPS) is 14.1. The smallest absolute Gasteiger partial charge is 0.160 e. The molecule has 0 N–H and O–H groups in total. The Morgan fingerprint density at radius 2 is 1.14 bits per heavy atom. The Kier molecular flexibility index (Phi) is 7.40. The van der Waals surface area contributed by atoms with E-state index in [1.165, 1.54) is 52.6 Å². The summed E-state index contributed by atoms with van der Waals surface area (Å²) in [4.78, 5) is 14.4. The van der Waals surface area contributed by atoms with Crippen molar-refractivity contribution in [3.8, 4) is 73.4 Å². The Morgan fingerprint density at radius 1 is 0.500 bits per heavy atom. The number of benzene rings is 5. The van der Waals surface area contributed by atoms with Crippen molar-refractivity contribution in [1.82, 2.24) is 15.0 Å². The van der Waals surface area contributed by atoms with E-state index in [0.29, 0.717) is 5.82 Å². The van der Waals surface area contributed by atoms with Crippen molar-refractivity contribution in [1.29, 1.82) is 5.26 Å². The number of rotatable bonds is 5. The van der Waals surface area contributed by atoms with Gasteiger partial charge in [-0.25, -0.2) is 9.97 Å². The highest BCUT2D eigenvalue weighted by molar-refractivity contribution is 5.85. The van der Waals surface area contributed by atoms with Gasteiger partial charge in [-0.1, -0.05) is 122 Å². The van der Waals surface area contributed by atoms with Crippen LogP contribution in [0.4, 0.5) is 0 Å². The van der Waals surface area contributed by atoms with Crippen LogP contribution < -0.4 is 0 Å². The van der Waals surface area contributed by atoms with Gasteiger partial charge in [-0.05, 0) is 87.7 Å². The first-order valence-corrected chi connectivity index (χ1v) is 17.4. The van der Waals surface area contributed by atoms with Crippen molar-refractivity contribution >= 4 is 0 Å². The number of hydrogen-bond acceptors (Lipinski definition) is 4. The van der Waals surface area contributed by atoms with Crippen molar-refractivity contribution < 1.29 is 0 Å². The lowest BCUT2D eigenvalue weighted by Crippen LogP contribution is -2.28. The third-order valence-electron chi connectivity index (χ3n) is 10.6. The molecule has 7 aromatic rings. The monoisotopic (exact) mass is 642 g/mol. The molecule has 4 heteroatoms. The summed E-state index contributed by atoms with van der Waals surface area (Å²) in [6, 6.07) is 49.2. The summed E-state index contributed by atoms with van der Waals surface area (Å²) in [6.07, 6.45) is 9.76. The van der Waals surface area contributed by atoms with Crippen molar-refractivity contribution in [3.63, 3.8) is 0 Å². The highest BCUT2D eigenvalue weighted by Gasteiger charge is 2.43. The minimum atomic E-state index is 0.0360. The van der Waals surface area contributed by atoms with Gasteiger partial charge in [0.1, 0.15) is 0 Å². The van der Waals surface area contributed by atoms with E-state index in [1.54, 1.807) is 6.20 Å². The zero-order valence-electron chi connectivity index (χ0n) is 27.7. The molecule has 0 radical (unpaired) electrons. The average Bonchev–Trinajstić information content (AvgIpc) is 3.46. The largest absolute Gasteiger partial charge is 0.264 e. The highest BCUT2D eigenvalue weighted by atomic mass is 14.9. The molecule has 0 bridgehead atoms. The van der Waals surface area contributed by atoms with Crippen molar-refractivity contribution in [3.05, 3.63) is 163 Å². The summed E-state index contributed by atoms with van der Waals surface area (Å²) in [5.74, 6) is 0.703. The van der Waals surface area contributed by atoms with Gasteiger partial charge in [-0.15, -0.1) is 0 Å². The first kappa shape index (κ1) is 29.9. The molecule has 0 atom stereocenters. The quantitative estimate of drug-likeness (QED) is 0.187. The van der Waals surface area contributed by atoms with E-state index in [9.17, 15) is 5.26 Å². The Morgan fingerprint density at radius 3 is 1.80 bits per heavy atom. The number of hydrogen-bond donors (Lipinski definition) is 0. The van der Waals surface area contributed by atoms with E-state index < -0.39 is 0 Å². The molecule has 2 heterocycles. The fourth-order valence-electron chi connectivity index (χ4n) is 8.11. The number of aromatic nitrogens is 3. The molecule has 2 aliphatic carbocycles. The fraction of sp³-hybridized carbons (Fsp3) is 0.130. The topological polar surface area (TPSA) is 62.5 Å². The summed E-state index contributed by atoms with van der Waals surface area (Å²) in [7, 11) is 0. The van der Waals surface area contributed by atoms with Gasteiger partial charge in [-0.2, -0.15) is 5.26 Å². The van der Waals surface area contributed by atoms with Crippen molar-refractivity contribution in [2.75, 3.05) is 0 Å². The van der Waals surface area contributed by atoms with Crippen LogP contribution in [0.2, 0.25) is 0 Å². The Bertz CT molecular complexity index is 2380. The molecular weight excluding hydrogens is 609 g/mol. The molecule has 2 aromatic heterocycles. The van der Waals surface area contributed by atoms with Crippen LogP contribution >= 0.6 is 0 Å². The number of nitrogens with zero attached hydrogens (tertiary/aromatic N) is 4. The van der Waals surface area contributed by atoms with Crippen LogP contribution in [0.3, 0.4) is 0 Å². The SMILES string of the molecule is N#Cc1ccc2c(c1)-c1ccc(-c3ccc(-c4cc(-c5ccc(-c6cccnc6)cc5)nc(-c5ccccc5)n4)cc3)cc1C21CCCCC1. The number of pyridine rings is 1. The lowest BCUT2D eigenvalue weighted by molar-refractivity contribution is 0.353. The summed E-state index contributed by atoms with van der Waals surface area (Å²) in [5.41, 5.74) is 15.5. The van der Waals surface area contributed by atoms with Crippen LogP contribution in [0.15, 0.2) is 146 Å². The van der Waals surface area contributed by atoms with Crippen LogP contribution in [0.1, 0.15) is 48.8 Å². The van der Waals surface area contributed by atoms with Gasteiger partial charge in [0.05, 0.1) is 23.0 Å². The zero-order chi connectivity index (χ0) is 33.5. The molecular formula is C46H34N4. The molecule has 4 nitrogen and oxygen atoms in total. The first-order valence-electron chi connectivity index (χ1n) is 17.4. The average molecular weight is 643 g/mol. The molecule has 1 fully saturated rings. The molecule has 238 valence electrons. The molecule has 0 unspecified atom stereocenters. The molecule has 2 aliphatic rings. The van der Waals surface area contributed by atoms with Gasteiger partial charge in [0, 0.05) is 34.5 Å². The third kappa shape index (κ3) is 5.19. The van der Waals surface area contributed by atoms with Crippen LogP contribution in [0.5, 0.6) is 0 Å². The van der Waals surface area contributed by atoms with E-state index in [2.05, 4.69) is 114 Å². The second-order valence-corrected chi connectivity index (χ2v) is 13.5. The Balaban J connectivity index is 1.08. The highest BCUT2D eigenvalue weighted by Crippen LogP contribution is 2.56. The predicted molar refractivity (Wildman–Crippen MR) is 201 cm³/mol. The van der Waals surface area contributed by atoms with E-state index in [1.807, 2.05) is 36.5 Å². The minimum absolute atomic E-state index is 0.0360. The molecule has 0 aliphatic heterocycles. The molecule has 0 amide bonds. The second-order valence-electron chi connectivity index (χ2n) is 13.5. The lowest BCUT2D eigenvalue weighted by Gasteiger charge is -2.36. The van der Waals surface area contributed by atoms with Gasteiger partial charge in [-0.3, -0.25) is 4.98 Å². The summed E-state index contributed by atoms with van der Waals surface area (Å²) >= 11 is 0. The van der Waals surface area contributed by atoms with Gasteiger partial charge in [0.15, 0.2) is 5.82 Å². The summed E-state index contributed by atoms with van der Waals surface area (Å²) in [6.45, 7) is 0. The van der Waals surface area contributed by atoms with Crippen LogP contribution in [0, 0.1) is 11.3 Å². The standard InChI is InChI=1S/C46H34N4/c47-29-31-11-22-41-40(26-31)39-21-20-37(27-42(39)46(41)23-5-2-6-24-46)32-12-16-34(17-13-32)43-28-44(50-45(49-43)36-8-3-1-4-9-36)35-18-14-33(15-19-35)38-10-7-25-48-30-38/h1,3-4,7-22,25-28,30H,2,5-6,23-24H2. The van der Waals surface area contributed by atoms with E-state index in [-0.39, 0.29) is 5.41 Å². The third-order valence-corrected chi connectivity index (χ3v) is 10.6. The molecule has 9 rings (SSSR count). The molecule has 50 heavy (non-hydrogen) atoms. The second kappa shape index (κ2) is 12.4. The van der Waals surface area contributed by atoms with Crippen LogP contribution in [-0.2, 0) is 5.41 Å². The van der Waals surface area contributed by atoms with E-state index >= 15 is 0 Å². The zero-order valence-corrected chi connectivity index (χ0v) is 27.7. The van der Waals surface area contributed by atoms with Crippen LogP contribution in [-0.4, -0.2) is 15.0 Å². The van der Waals surface area contributed by atoms with Crippen molar-refractivity contribution in [2.45, 2.75) is 37.5 Å². The van der Waals surface area contributed by atoms with E-state index in [4.69, 9.17) is 9.97 Å². The minimum Gasteiger partial charge on any atom is -0.264 e. The number of fused-ring (bicyclic) bond motifs is 5.